The highest BCUT2D eigenvalue weighted by atomic mass is 19.3. The van der Waals surface area contributed by atoms with Gasteiger partial charge in [-0.15, -0.1) is 0 Å². The first-order valence-electron chi connectivity index (χ1n) is 9.94. The second kappa shape index (κ2) is 9.32. The van der Waals surface area contributed by atoms with E-state index in [9.17, 15) is 18.7 Å². The van der Waals surface area contributed by atoms with Gasteiger partial charge in [0.25, 0.3) is 12.3 Å². The first-order valence-corrected chi connectivity index (χ1v) is 9.94. The molecule has 2 N–H and O–H groups in total. The molecule has 0 spiro atoms. The third-order valence-corrected chi connectivity index (χ3v) is 5.23. The zero-order valence-corrected chi connectivity index (χ0v) is 16.6. The van der Waals surface area contributed by atoms with Crippen LogP contribution in [0.4, 0.5) is 8.78 Å². The summed E-state index contributed by atoms with van der Waals surface area (Å²) in [6.07, 6.45) is 1.71. The number of aromatic nitrogens is 3. The minimum atomic E-state index is -2.71. The van der Waals surface area contributed by atoms with E-state index in [0.717, 1.165) is 17.4 Å². The molecule has 1 aromatic carbocycles. The fourth-order valence-corrected chi connectivity index (χ4v) is 3.52. The zero-order chi connectivity index (χ0) is 21.8. The number of ether oxygens (including phenoxy) is 1. The average molecular weight is 428 g/mol. The van der Waals surface area contributed by atoms with Crippen LogP contribution in [0.15, 0.2) is 55.0 Å². The van der Waals surface area contributed by atoms with Crippen LogP contribution in [0.1, 0.15) is 40.0 Å². The number of halogens is 2. The van der Waals surface area contributed by atoms with E-state index in [-0.39, 0.29) is 24.3 Å². The summed E-state index contributed by atoms with van der Waals surface area (Å²) in [7, 11) is 0. The topological polar surface area (TPSA) is 89.3 Å². The average Bonchev–Trinajstić information content (AvgIpc) is 3.30. The maximum atomic E-state index is 13.5. The second-order valence-corrected chi connectivity index (χ2v) is 7.37. The highest BCUT2D eigenvalue weighted by molar-refractivity contribution is 5.92. The molecule has 2 unspecified atom stereocenters. The largest absolute Gasteiger partial charge is 0.389 e. The van der Waals surface area contributed by atoms with E-state index in [1.165, 1.54) is 6.07 Å². The van der Waals surface area contributed by atoms with Crippen LogP contribution >= 0.6 is 0 Å². The molecule has 0 aliphatic carbocycles. The SMILES string of the molecule is O=C(NC1CCOCC1O)c1cc(Cc2ccc(-n3cccn3)cc2)c(C(F)F)cn1. The number of aliphatic hydroxyl groups is 1. The van der Waals surface area contributed by atoms with Crippen molar-refractivity contribution in [3.05, 3.63) is 77.4 Å². The molecule has 4 rings (SSSR count). The van der Waals surface area contributed by atoms with Crippen molar-refractivity contribution in [1.29, 1.82) is 0 Å². The highest BCUT2D eigenvalue weighted by Gasteiger charge is 2.26. The number of hydrogen-bond acceptors (Lipinski definition) is 5. The number of nitrogens with zero attached hydrogens (tertiary/aromatic N) is 3. The van der Waals surface area contributed by atoms with Gasteiger partial charge in [-0.1, -0.05) is 12.1 Å². The Bertz CT molecular complexity index is 1030. The van der Waals surface area contributed by atoms with Gasteiger partial charge in [0.1, 0.15) is 5.69 Å². The molecule has 3 aromatic rings. The Hall–Kier alpha value is -3.17. The van der Waals surface area contributed by atoms with Crippen molar-refractivity contribution in [1.82, 2.24) is 20.1 Å². The maximum Gasteiger partial charge on any atom is 0.270 e. The van der Waals surface area contributed by atoms with Gasteiger partial charge in [-0.3, -0.25) is 9.78 Å². The summed E-state index contributed by atoms with van der Waals surface area (Å²) in [6, 6.07) is 10.1. The van der Waals surface area contributed by atoms with Crippen molar-refractivity contribution >= 4 is 5.91 Å². The molecule has 1 saturated heterocycles. The van der Waals surface area contributed by atoms with Crippen molar-refractivity contribution in [2.75, 3.05) is 13.2 Å². The van der Waals surface area contributed by atoms with Gasteiger partial charge < -0.3 is 15.2 Å². The number of amides is 1. The van der Waals surface area contributed by atoms with E-state index >= 15 is 0 Å². The molecule has 0 bridgehead atoms. The summed E-state index contributed by atoms with van der Waals surface area (Å²) in [4.78, 5) is 16.5. The maximum absolute atomic E-state index is 13.5. The van der Waals surface area contributed by atoms with Crippen molar-refractivity contribution in [2.24, 2.45) is 0 Å². The fraction of sp³-hybridized carbons (Fsp3) is 0.318. The highest BCUT2D eigenvalue weighted by Crippen LogP contribution is 2.25. The number of hydrogen-bond donors (Lipinski definition) is 2. The Morgan fingerprint density at radius 2 is 2.13 bits per heavy atom. The third kappa shape index (κ3) is 4.95. The molecule has 2 atom stereocenters. The predicted molar refractivity (Wildman–Crippen MR) is 108 cm³/mol. The zero-order valence-electron chi connectivity index (χ0n) is 16.6. The van der Waals surface area contributed by atoms with Gasteiger partial charge in [0, 0.05) is 30.8 Å². The summed E-state index contributed by atoms with van der Waals surface area (Å²) in [6.45, 7) is 0.571. The number of aliphatic hydroxyl groups excluding tert-OH is 1. The van der Waals surface area contributed by atoms with Crippen LogP contribution in [-0.2, 0) is 11.2 Å². The van der Waals surface area contributed by atoms with E-state index in [1.54, 1.807) is 10.9 Å². The molecule has 1 amide bonds. The van der Waals surface area contributed by atoms with Crippen LogP contribution < -0.4 is 5.32 Å². The molecule has 162 valence electrons. The summed E-state index contributed by atoms with van der Waals surface area (Å²) >= 11 is 0. The van der Waals surface area contributed by atoms with Crippen molar-refractivity contribution in [3.8, 4) is 5.69 Å². The minimum absolute atomic E-state index is 0.0336. The summed E-state index contributed by atoms with van der Waals surface area (Å²) in [5.74, 6) is -0.512. The van der Waals surface area contributed by atoms with Gasteiger partial charge in [0.15, 0.2) is 0 Å². The second-order valence-electron chi connectivity index (χ2n) is 7.37. The van der Waals surface area contributed by atoms with Crippen LogP contribution in [-0.4, -0.2) is 51.1 Å². The van der Waals surface area contributed by atoms with Gasteiger partial charge in [-0.2, -0.15) is 5.10 Å². The van der Waals surface area contributed by atoms with E-state index in [2.05, 4.69) is 15.4 Å². The van der Waals surface area contributed by atoms with E-state index in [4.69, 9.17) is 4.74 Å². The van der Waals surface area contributed by atoms with E-state index in [0.29, 0.717) is 18.6 Å². The van der Waals surface area contributed by atoms with Gasteiger partial charge in [0.2, 0.25) is 0 Å². The fourth-order valence-electron chi connectivity index (χ4n) is 3.52. The summed E-state index contributed by atoms with van der Waals surface area (Å²) in [5.41, 5.74) is 1.82. The predicted octanol–water partition coefficient (Wildman–Crippen LogP) is 2.68. The lowest BCUT2D eigenvalue weighted by Crippen LogP contribution is -2.48. The van der Waals surface area contributed by atoms with Crippen LogP contribution in [0.3, 0.4) is 0 Å². The lowest BCUT2D eigenvalue weighted by Gasteiger charge is -2.28. The van der Waals surface area contributed by atoms with E-state index in [1.807, 2.05) is 36.5 Å². The summed E-state index contributed by atoms with van der Waals surface area (Å²) < 4.78 is 33.9. The Labute approximate surface area is 177 Å². The van der Waals surface area contributed by atoms with Gasteiger partial charge in [-0.05, 0) is 48.2 Å². The van der Waals surface area contributed by atoms with Crippen molar-refractivity contribution < 1.29 is 23.4 Å². The van der Waals surface area contributed by atoms with Gasteiger partial charge in [-0.25, -0.2) is 13.5 Å². The first-order chi connectivity index (χ1) is 15.0. The normalized spacial score (nSPS) is 18.8. The molecule has 1 aliphatic rings. The summed E-state index contributed by atoms with van der Waals surface area (Å²) in [5, 5.41) is 16.8. The molecule has 0 saturated carbocycles. The number of benzene rings is 1. The molecule has 7 nitrogen and oxygen atoms in total. The Balaban J connectivity index is 1.53. The van der Waals surface area contributed by atoms with E-state index < -0.39 is 24.5 Å². The molecule has 0 radical (unpaired) electrons. The van der Waals surface area contributed by atoms with Crippen LogP contribution in [0, 0.1) is 0 Å². The molecule has 31 heavy (non-hydrogen) atoms. The number of pyridine rings is 1. The lowest BCUT2D eigenvalue weighted by atomic mass is 10.00. The third-order valence-electron chi connectivity index (χ3n) is 5.23. The minimum Gasteiger partial charge on any atom is -0.389 e. The van der Waals surface area contributed by atoms with Crippen LogP contribution in [0.2, 0.25) is 0 Å². The Kier molecular flexibility index (Phi) is 6.34. The number of alkyl halides is 2. The lowest BCUT2D eigenvalue weighted by molar-refractivity contribution is -0.0261. The molecular formula is C22H22F2N4O3. The Morgan fingerprint density at radius 3 is 2.81 bits per heavy atom. The van der Waals surface area contributed by atoms with Crippen LogP contribution in [0.5, 0.6) is 0 Å². The van der Waals surface area contributed by atoms with Gasteiger partial charge >= 0.3 is 0 Å². The van der Waals surface area contributed by atoms with Crippen molar-refractivity contribution in [2.45, 2.75) is 31.4 Å². The number of carbonyl (C=O) groups is 1. The smallest absolute Gasteiger partial charge is 0.270 e. The molecule has 9 heteroatoms. The first kappa shape index (κ1) is 21.1. The van der Waals surface area contributed by atoms with Crippen molar-refractivity contribution in [3.63, 3.8) is 0 Å². The number of rotatable bonds is 6. The quantitative estimate of drug-likeness (QED) is 0.630. The van der Waals surface area contributed by atoms with Gasteiger partial charge in [0.05, 0.1) is 24.4 Å². The number of nitrogens with one attached hydrogen (secondary N) is 1. The molecule has 2 aromatic heterocycles. The van der Waals surface area contributed by atoms with Crippen LogP contribution in [0.25, 0.3) is 5.69 Å². The Morgan fingerprint density at radius 1 is 1.32 bits per heavy atom. The standard InChI is InChI=1S/C22H22F2N4O3/c23-21(24)17-12-25-19(22(30)27-18-6-9-31-13-20(18)29)11-15(17)10-14-2-4-16(5-3-14)28-8-1-7-26-28/h1-5,7-8,11-12,18,20-21,29H,6,9-10,13H2,(H,27,30). The molecule has 1 aliphatic heterocycles. The molecular weight excluding hydrogens is 406 g/mol. The number of carbonyl (C=O) groups excluding carboxylic acids is 1. The molecule has 1 fully saturated rings. The monoisotopic (exact) mass is 428 g/mol. The molecule has 3 heterocycles.